The molecule has 0 unspecified atom stereocenters. The zero-order valence-corrected chi connectivity index (χ0v) is 15.3. The number of nitrogens with zero attached hydrogens (tertiary/aromatic N) is 1. The maximum absolute atomic E-state index is 12.2. The molecule has 146 valence electrons. The third kappa shape index (κ3) is 5.63. The SMILES string of the molecule is CCOC(=O)c1cc(C(=O)OCC(=O)Nc2cccc(C)c2)cc([N+](=O)[O-])c1. The number of esters is 2. The number of hydrogen-bond acceptors (Lipinski definition) is 7. The van der Waals surface area contributed by atoms with Crippen molar-refractivity contribution in [3.8, 4) is 0 Å². The Balaban J connectivity index is 2.09. The number of nitro benzene ring substituents is 1. The van der Waals surface area contributed by atoms with Crippen LogP contribution in [0.3, 0.4) is 0 Å². The average molecular weight is 386 g/mol. The first kappa shape index (κ1) is 20.6. The van der Waals surface area contributed by atoms with E-state index in [9.17, 15) is 24.5 Å². The van der Waals surface area contributed by atoms with Crippen LogP contribution in [0.15, 0.2) is 42.5 Å². The maximum Gasteiger partial charge on any atom is 0.338 e. The molecule has 0 spiro atoms. The number of nitro groups is 1. The van der Waals surface area contributed by atoms with Crippen molar-refractivity contribution in [1.29, 1.82) is 0 Å². The maximum atomic E-state index is 12.2. The van der Waals surface area contributed by atoms with Crippen molar-refractivity contribution in [1.82, 2.24) is 0 Å². The van der Waals surface area contributed by atoms with E-state index in [1.807, 2.05) is 13.0 Å². The second-order valence-electron chi connectivity index (χ2n) is 5.74. The highest BCUT2D eigenvalue weighted by Crippen LogP contribution is 2.19. The summed E-state index contributed by atoms with van der Waals surface area (Å²) < 4.78 is 9.69. The molecule has 0 radical (unpaired) electrons. The van der Waals surface area contributed by atoms with Gasteiger partial charge < -0.3 is 14.8 Å². The van der Waals surface area contributed by atoms with Crippen molar-refractivity contribution in [2.75, 3.05) is 18.5 Å². The first-order valence-electron chi connectivity index (χ1n) is 8.30. The summed E-state index contributed by atoms with van der Waals surface area (Å²) >= 11 is 0. The van der Waals surface area contributed by atoms with Gasteiger partial charge in [-0.3, -0.25) is 14.9 Å². The minimum atomic E-state index is -0.978. The van der Waals surface area contributed by atoms with E-state index >= 15 is 0 Å². The Morgan fingerprint density at radius 2 is 1.68 bits per heavy atom. The van der Waals surface area contributed by atoms with Crippen LogP contribution in [0.1, 0.15) is 33.2 Å². The number of rotatable bonds is 7. The molecule has 0 atom stereocenters. The summed E-state index contributed by atoms with van der Waals surface area (Å²) in [6.07, 6.45) is 0. The number of carbonyl (C=O) groups is 3. The van der Waals surface area contributed by atoms with Crippen LogP contribution in [0.5, 0.6) is 0 Å². The molecular formula is C19H18N2O7. The van der Waals surface area contributed by atoms with Gasteiger partial charge in [-0.15, -0.1) is 0 Å². The molecule has 0 bridgehead atoms. The Morgan fingerprint density at radius 1 is 1.04 bits per heavy atom. The van der Waals surface area contributed by atoms with Gasteiger partial charge in [-0.1, -0.05) is 12.1 Å². The molecule has 0 saturated carbocycles. The van der Waals surface area contributed by atoms with E-state index in [0.717, 1.165) is 23.8 Å². The molecule has 2 aromatic carbocycles. The van der Waals surface area contributed by atoms with Gasteiger partial charge in [0.2, 0.25) is 0 Å². The molecule has 2 aromatic rings. The van der Waals surface area contributed by atoms with Gasteiger partial charge in [0.15, 0.2) is 6.61 Å². The molecule has 1 amide bonds. The molecule has 0 aliphatic heterocycles. The lowest BCUT2D eigenvalue weighted by atomic mass is 10.1. The Bertz CT molecular complexity index is 924. The van der Waals surface area contributed by atoms with Crippen molar-refractivity contribution in [2.24, 2.45) is 0 Å². The molecule has 0 saturated heterocycles. The number of aryl methyl sites for hydroxylation is 1. The summed E-state index contributed by atoms with van der Waals surface area (Å²) in [6, 6.07) is 10.1. The monoisotopic (exact) mass is 386 g/mol. The Labute approximate surface area is 160 Å². The quantitative estimate of drug-likeness (QED) is 0.440. The molecule has 28 heavy (non-hydrogen) atoms. The van der Waals surface area contributed by atoms with Crippen molar-refractivity contribution in [3.05, 3.63) is 69.3 Å². The highest BCUT2D eigenvalue weighted by Gasteiger charge is 2.20. The van der Waals surface area contributed by atoms with Gasteiger partial charge in [0.05, 0.1) is 22.7 Å². The van der Waals surface area contributed by atoms with Crippen molar-refractivity contribution >= 4 is 29.2 Å². The largest absolute Gasteiger partial charge is 0.462 e. The zero-order chi connectivity index (χ0) is 20.7. The van der Waals surface area contributed by atoms with Crippen LogP contribution in [-0.4, -0.2) is 36.0 Å². The van der Waals surface area contributed by atoms with Crippen LogP contribution in [0.4, 0.5) is 11.4 Å². The van der Waals surface area contributed by atoms with E-state index in [4.69, 9.17) is 9.47 Å². The third-order valence-corrected chi connectivity index (χ3v) is 3.51. The van der Waals surface area contributed by atoms with Crippen LogP contribution >= 0.6 is 0 Å². The zero-order valence-electron chi connectivity index (χ0n) is 15.3. The molecule has 0 heterocycles. The lowest BCUT2D eigenvalue weighted by Gasteiger charge is -2.08. The molecule has 9 heteroatoms. The van der Waals surface area contributed by atoms with Crippen LogP contribution in [0.2, 0.25) is 0 Å². The van der Waals surface area contributed by atoms with Crippen molar-refractivity contribution < 1.29 is 28.8 Å². The molecular weight excluding hydrogens is 368 g/mol. The molecule has 0 aliphatic rings. The highest BCUT2D eigenvalue weighted by molar-refractivity contribution is 5.98. The molecule has 2 rings (SSSR count). The standard InChI is InChI=1S/C19H18N2O7/c1-3-27-18(23)13-8-14(10-16(9-13)21(25)26)19(24)28-11-17(22)20-15-6-4-5-12(2)7-15/h4-10H,3,11H2,1-2H3,(H,20,22). The van der Waals surface area contributed by atoms with Crippen LogP contribution in [0.25, 0.3) is 0 Å². The third-order valence-electron chi connectivity index (χ3n) is 3.51. The van der Waals surface area contributed by atoms with Gasteiger partial charge in [0.25, 0.3) is 11.6 Å². The van der Waals surface area contributed by atoms with E-state index in [1.54, 1.807) is 25.1 Å². The summed E-state index contributed by atoms with van der Waals surface area (Å²) in [5, 5.41) is 13.6. The summed E-state index contributed by atoms with van der Waals surface area (Å²) in [6.45, 7) is 2.92. The first-order chi connectivity index (χ1) is 13.3. The lowest BCUT2D eigenvalue weighted by molar-refractivity contribution is -0.384. The number of anilines is 1. The van der Waals surface area contributed by atoms with Crippen molar-refractivity contribution in [2.45, 2.75) is 13.8 Å². The van der Waals surface area contributed by atoms with Gasteiger partial charge in [-0.05, 0) is 37.6 Å². The summed E-state index contributed by atoms with van der Waals surface area (Å²) in [5.74, 6) is -2.36. The highest BCUT2D eigenvalue weighted by atomic mass is 16.6. The first-order valence-corrected chi connectivity index (χ1v) is 8.30. The van der Waals surface area contributed by atoms with Gasteiger partial charge in [0.1, 0.15) is 0 Å². The van der Waals surface area contributed by atoms with Crippen molar-refractivity contribution in [3.63, 3.8) is 0 Å². The average Bonchev–Trinajstić information content (AvgIpc) is 2.66. The van der Waals surface area contributed by atoms with Gasteiger partial charge in [-0.25, -0.2) is 9.59 Å². The fourth-order valence-corrected chi connectivity index (χ4v) is 2.30. The lowest BCUT2D eigenvalue weighted by Crippen LogP contribution is -2.21. The fraction of sp³-hybridized carbons (Fsp3) is 0.211. The molecule has 0 aromatic heterocycles. The predicted molar refractivity (Wildman–Crippen MR) is 99.1 cm³/mol. The van der Waals surface area contributed by atoms with Crippen LogP contribution < -0.4 is 5.32 Å². The molecule has 9 nitrogen and oxygen atoms in total. The van der Waals surface area contributed by atoms with E-state index in [0.29, 0.717) is 5.69 Å². The summed E-state index contributed by atoms with van der Waals surface area (Å²) in [7, 11) is 0. The van der Waals surface area contributed by atoms with Crippen LogP contribution in [-0.2, 0) is 14.3 Å². The minimum Gasteiger partial charge on any atom is -0.462 e. The van der Waals surface area contributed by atoms with E-state index in [1.165, 1.54) is 0 Å². The van der Waals surface area contributed by atoms with E-state index in [-0.39, 0.29) is 17.7 Å². The van der Waals surface area contributed by atoms with Crippen LogP contribution in [0, 0.1) is 17.0 Å². The molecule has 1 N–H and O–H groups in total. The van der Waals surface area contributed by atoms with Gasteiger partial charge in [0, 0.05) is 17.8 Å². The Morgan fingerprint density at radius 3 is 2.25 bits per heavy atom. The van der Waals surface area contributed by atoms with Gasteiger partial charge in [-0.2, -0.15) is 0 Å². The predicted octanol–water partition coefficient (Wildman–Crippen LogP) is 2.88. The van der Waals surface area contributed by atoms with Gasteiger partial charge >= 0.3 is 11.9 Å². The summed E-state index contributed by atoms with van der Waals surface area (Å²) in [4.78, 5) is 46.2. The fourth-order valence-electron chi connectivity index (χ4n) is 2.30. The Kier molecular flexibility index (Phi) is 6.80. The number of amides is 1. The second kappa shape index (κ2) is 9.26. The van der Waals surface area contributed by atoms with E-state index in [2.05, 4.69) is 5.32 Å². The normalized spacial score (nSPS) is 10.1. The number of non-ortho nitro benzene ring substituents is 1. The number of benzene rings is 2. The topological polar surface area (TPSA) is 125 Å². The minimum absolute atomic E-state index is 0.0699. The smallest absolute Gasteiger partial charge is 0.338 e. The number of ether oxygens (including phenoxy) is 2. The number of hydrogen-bond donors (Lipinski definition) is 1. The Hall–Kier alpha value is -3.75. The second-order valence-corrected chi connectivity index (χ2v) is 5.74. The molecule has 0 fully saturated rings. The summed E-state index contributed by atoms with van der Waals surface area (Å²) in [5.41, 5.74) is 0.619. The number of carbonyl (C=O) groups excluding carboxylic acids is 3. The number of nitrogens with one attached hydrogen (secondary N) is 1. The van der Waals surface area contributed by atoms with E-state index < -0.39 is 35.1 Å². The molecule has 0 aliphatic carbocycles.